The van der Waals surface area contributed by atoms with Crippen molar-refractivity contribution in [1.29, 1.82) is 0 Å². The number of nitrogens with zero attached hydrogens (tertiary/aromatic N) is 1. The van der Waals surface area contributed by atoms with Crippen molar-refractivity contribution in [3.63, 3.8) is 0 Å². The highest BCUT2D eigenvalue weighted by atomic mass is 32.2. The molecular formula is C15H17NO4S2. The molecule has 0 spiro atoms. The van der Waals surface area contributed by atoms with E-state index >= 15 is 0 Å². The molecule has 0 atom stereocenters. The minimum absolute atomic E-state index is 0.0176. The van der Waals surface area contributed by atoms with E-state index in [-0.39, 0.29) is 10.3 Å². The van der Waals surface area contributed by atoms with Gasteiger partial charge < -0.3 is 9.47 Å². The van der Waals surface area contributed by atoms with Crippen LogP contribution in [0.4, 0.5) is 0 Å². The first-order chi connectivity index (χ1) is 10.4. The van der Waals surface area contributed by atoms with Gasteiger partial charge in [0, 0.05) is 6.21 Å². The standard InChI is InChI=1S/C15H17NO4S2/c1-11(2)20-14-9-12(6-7-13(14)19-3)10-16-22(17,18)15-5-4-8-21-15/h4-11H,1-3H3/b16-10-. The van der Waals surface area contributed by atoms with Gasteiger partial charge in [-0.25, -0.2) is 0 Å². The van der Waals surface area contributed by atoms with Gasteiger partial charge >= 0.3 is 0 Å². The first kappa shape index (κ1) is 16.5. The Kier molecular flexibility index (Phi) is 5.20. The number of hydrogen-bond donors (Lipinski definition) is 0. The molecule has 2 rings (SSSR count). The molecule has 1 heterocycles. The Morgan fingerprint density at radius 2 is 2.00 bits per heavy atom. The van der Waals surface area contributed by atoms with E-state index in [1.165, 1.54) is 12.3 Å². The van der Waals surface area contributed by atoms with E-state index in [0.717, 1.165) is 11.3 Å². The molecule has 5 nitrogen and oxygen atoms in total. The maximum absolute atomic E-state index is 12.0. The number of sulfonamides is 1. The molecule has 0 saturated carbocycles. The Bertz CT molecular complexity index is 750. The average molecular weight is 339 g/mol. The third kappa shape index (κ3) is 4.08. The van der Waals surface area contributed by atoms with Crippen LogP contribution in [0, 0.1) is 0 Å². The Labute approximate surface area is 134 Å². The SMILES string of the molecule is COc1ccc(/C=N\S(=O)(=O)c2cccs2)cc1OC(C)C. The highest BCUT2D eigenvalue weighted by Crippen LogP contribution is 2.28. The van der Waals surface area contributed by atoms with Crippen LogP contribution in [-0.2, 0) is 10.0 Å². The second kappa shape index (κ2) is 6.93. The molecule has 118 valence electrons. The van der Waals surface area contributed by atoms with Gasteiger partial charge in [0.25, 0.3) is 10.0 Å². The van der Waals surface area contributed by atoms with Crippen molar-refractivity contribution in [3.8, 4) is 11.5 Å². The number of methoxy groups -OCH3 is 1. The van der Waals surface area contributed by atoms with Crippen molar-refractivity contribution in [2.75, 3.05) is 7.11 Å². The maximum Gasteiger partial charge on any atom is 0.291 e. The van der Waals surface area contributed by atoms with E-state index in [0.29, 0.717) is 17.1 Å². The molecule has 0 bridgehead atoms. The van der Waals surface area contributed by atoms with E-state index in [1.807, 2.05) is 13.8 Å². The first-order valence-corrected chi connectivity index (χ1v) is 8.93. The van der Waals surface area contributed by atoms with E-state index in [4.69, 9.17) is 9.47 Å². The van der Waals surface area contributed by atoms with Crippen LogP contribution in [0.15, 0.2) is 44.3 Å². The molecule has 0 unspecified atom stereocenters. The molecule has 1 aromatic heterocycles. The van der Waals surface area contributed by atoms with Crippen molar-refractivity contribution in [2.45, 2.75) is 24.2 Å². The summed E-state index contributed by atoms with van der Waals surface area (Å²) in [5, 5.41) is 1.70. The minimum atomic E-state index is -3.65. The second-order valence-electron chi connectivity index (χ2n) is 4.72. The zero-order valence-corrected chi connectivity index (χ0v) is 14.1. The molecule has 2 aromatic rings. The molecular weight excluding hydrogens is 322 g/mol. The minimum Gasteiger partial charge on any atom is -0.493 e. The van der Waals surface area contributed by atoms with E-state index in [9.17, 15) is 8.42 Å². The number of hydrogen-bond acceptors (Lipinski definition) is 5. The quantitative estimate of drug-likeness (QED) is 0.757. The summed E-state index contributed by atoms with van der Waals surface area (Å²) in [6.45, 7) is 3.81. The second-order valence-corrected chi connectivity index (χ2v) is 7.53. The molecule has 1 aromatic carbocycles. The third-order valence-electron chi connectivity index (χ3n) is 2.64. The van der Waals surface area contributed by atoms with Gasteiger partial charge in [-0.2, -0.15) is 12.8 Å². The Hall–Kier alpha value is -1.86. The van der Waals surface area contributed by atoms with Gasteiger partial charge in [0.2, 0.25) is 0 Å². The highest BCUT2D eigenvalue weighted by molar-refractivity contribution is 7.92. The molecule has 0 fully saturated rings. The fraction of sp³-hybridized carbons (Fsp3) is 0.267. The van der Waals surface area contributed by atoms with Crippen LogP contribution in [-0.4, -0.2) is 27.8 Å². The molecule has 0 amide bonds. The maximum atomic E-state index is 12.0. The van der Waals surface area contributed by atoms with Crippen LogP contribution in [0.2, 0.25) is 0 Å². The molecule has 0 aliphatic carbocycles. The molecule has 0 saturated heterocycles. The number of rotatable bonds is 6. The molecule has 0 aliphatic rings. The lowest BCUT2D eigenvalue weighted by Gasteiger charge is -2.13. The van der Waals surface area contributed by atoms with Gasteiger partial charge in [0.1, 0.15) is 4.21 Å². The van der Waals surface area contributed by atoms with E-state index in [2.05, 4.69) is 4.40 Å². The molecule has 22 heavy (non-hydrogen) atoms. The largest absolute Gasteiger partial charge is 0.493 e. The normalized spacial score (nSPS) is 12.0. The molecule has 0 N–H and O–H groups in total. The molecule has 0 radical (unpaired) electrons. The van der Waals surface area contributed by atoms with Crippen LogP contribution in [0.1, 0.15) is 19.4 Å². The third-order valence-corrected chi connectivity index (χ3v) is 5.25. The van der Waals surface area contributed by atoms with Crippen LogP contribution >= 0.6 is 11.3 Å². The summed E-state index contributed by atoms with van der Waals surface area (Å²) in [7, 11) is -2.10. The van der Waals surface area contributed by atoms with Crippen molar-refractivity contribution in [1.82, 2.24) is 0 Å². The fourth-order valence-electron chi connectivity index (χ4n) is 1.71. The van der Waals surface area contributed by atoms with E-state index in [1.54, 1.807) is 36.8 Å². The fourth-order valence-corrected chi connectivity index (χ4v) is 3.56. The summed E-state index contributed by atoms with van der Waals surface area (Å²) in [6.07, 6.45) is 1.29. The smallest absolute Gasteiger partial charge is 0.291 e. The number of benzene rings is 1. The lowest BCUT2D eigenvalue weighted by molar-refractivity contribution is 0.230. The lowest BCUT2D eigenvalue weighted by Crippen LogP contribution is -2.07. The first-order valence-electron chi connectivity index (χ1n) is 6.61. The predicted octanol–water partition coefficient (Wildman–Crippen LogP) is 3.35. The van der Waals surface area contributed by atoms with Gasteiger partial charge in [0.05, 0.1) is 13.2 Å². The Morgan fingerprint density at radius 3 is 2.59 bits per heavy atom. The van der Waals surface area contributed by atoms with Gasteiger partial charge in [0.15, 0.2) is 11.5 Å². The summed E-state index contributed by atoms with van der Waals surface area (Å²) >= 11 is 1.14. The van der Waals surface area contributed by atoms with Crippen molar-refractivity contribution >= 4 is 27.6 Å². The van der Waals surface area contributed by atoms with Crippen molar-refractivity contribution in [3.05, 3.63) is 41.3 Å². The zero-order chi connectivity index (χ0) is 16.2. The average Bonchev–Trinajstić information content (AvgIpc) is 3.00. The Morgan fingerprint density at radius 1 is 1.23 bits per heavy atom. The van der Waals surface area contributed by atoms with Crippen LogP contribution in [0.3, 0.4) is 0 Å². The van der Waals surface area contributed by atoms with Gasteiger partial charge in [-0.15, -0.1) is 11.3 Å². The molecule has 7 heteroatoms. The summed E-state index contributed by atoms with van der Waals surface area (Å²) in [6, 6.07) is 8.34. The van der Waals surface area contributed by atoms with Crippen molar-refractivity contribution in [2.24, 2.45) is 4.40 Å². The topological polar surface area (TPSA) is 65.0 Å². The van der Waals surface area contributed by atoms with Crippen LogP contribution < -0.4 is 9.47 Å². The number of thiophene rings is 1. The summed E-state index contributed by atoms with van der Waals surface area (Å²) in [4.78, 5) is 0. The van der Waals surface area contributed by atoms with Gasteiger partial charge in [-0.3, -0.25) is 0 Å². The van der Waals surface area contributed by atoms with Crippen LogP contribution in [0.25, 0.3) is 0 Å². The zero-order valence-electron chi connectivity index (χ0n) is 12.5. The summed E-state index contributed by atoms with van der Waals surface area (Å²) < 4.78 is 38.8. The summed E-state index contributed by atoms with van der Waals surface area (Å²) in [5.74, 6) is 1.14. The molecule has 0 aliphatic heterocycles. The summed E-state index contributed by atoms with van der Waals surface area (Å²) in [5.41, 5.74) is 0.622. The number of ether oxygens (including phenoxy) is 2. The lowest BCUT2D eigenvalue weighted by atomic mass is 10.2. The van der Waals surface area contributed by atoms with Crippen molar-refractivity contribution < 1.29 is 17.9 Å². The van der Waals surface area contributed by atoms with E-state index < -0.39 is 10.0 Å². The predicted molar refractivity (Wildman–Crippen MR) is 87.9 cm³/mol. The van der Waals surface area contributed by atoms with Gasteiger partial charge in [-0.05, 0) is 49.1 Å². The van der Waals surface area contributed by atoms with Crippen LogP contribution in [0.5, 0.6) is 11.5 Å². The van der Waals surface area contributed by atoms with Gasteiger partial charge in [-0.1, -0.05) is 6.07 Å². The monoisotopic (exact) mass is 339 g/mol. The Balaban J connectivity index is 2.28. The highest BCUT2D eigenvalue weighted by Gasteiger charge is 2.13.